The predicted molar refractivity (Wildman–Crippen MR) is 125 cm³/mol. The van der Waals surface area contributed by atoms with Crippen molar-refractivity contribution in [3.8, 4) is 11.5 Å². The van der Waals surface area contributed by atoms with E-state index in [0.717, 1.165) is 42.3 Å². The van der Waals surface area contributed by atoms with E-state index in [1.54, 1.807) is 11.3 Å². The fourth-order valence-corrected chi connectivity index (χ4v) is 4.83. The highest BCUT2D eigenvalue weighted by Gasteiger charge is 2.27. The van der Waals surface area contributed by atoms with Crippen molar-refractivity contribution < 1.29 is 14.3 Å². The molecule has 0 spiro atoms. The van der Waals surface area contributed by atoms with Gasteiger partial charge in [0.25, 0.3) is 0 Å². The summed E-state index contributed by atoms with van der Waals surface area (Å²) in [7, 11) is 0. The van der Waals surface area contributed by atoms with Gasteiger partial charge in [-0.25, -0.2) is 4.98 Å². The Labute approximate surface area is 187 Å². The van der Waals surface area contributed by atoms with E-state index in [0.29, 0.717) is 26.3 Å². The number of hydrogen-bond acceptors (Lipinski definition) is 6. The standard InChI is InChI=1S/C24H29N3O3S/c1-3-29-20-8-7-17(14-21(20)30-4-2)15-26-24(28)18-6-5-12-27(16-18)23-19-10-13-31-22(19)9-11-25-23/h7-11,13-14,18H,3-6,12,15-16H2,1-2H3,(H,26,28)/t18-/m0/s1. The molecule has 0 radical (unpaired) electrons. The lowest BCUT2D eigenvalue weighted by Gasteiger charge is -2.33. The number of benzene rings is 1. The van der Waals surface area contributed by atoms with Crippen molar-refractivity contribution in [2.75, 3.05) is 31.2 Å². The van der Waals surface area contributed by atoms with Crippen molar-refractivity contribution in [3.05, 3.63) is 47.5 Å². The smallest absolute Gasteiger partial charge is 0.225 e. The lowest BCUT2D eigenvalue weighted by atomic mass is 9.96. The fraction of sp³-hybridized carbons (Fsp3) is 0.417. The van der Waals surface area contributed by atoms with Crippen molar-refractivity contribution in [3.63, 3.8) is 0 Å². The quantitative estimate of drug-likeness (QED) is 0.555. The first kappa shape index (κ1) is 21.4. The first-order chi connectivity index (χ1) is 15.2. The first-order valence-corrected chi connectivity index (χ1v) is 11.8. The van der Waals surface area contributed by atoms with Gasteiger partial charge in [0.15, 0.2) is 11.5 Å². The second-order valence-electron chi connectivity index (χ2n) is 7.62. The number of hydrogen-bond donors (Lipinski definition) is 1. The average Bonchev–Trinajstić information content (AvgIpc) is 3.28. The normalized spacial score (nSPS) is 16.3. The van der Waals surface area contributed by atoms with Gasteiger partial charge in [0.05, 0.1) is 19.1 Å². The summed E-state index contributed by atoms with van der Waals surface area (Å²) in [4.78, 5) is 19.8. The van der Waals surface area contributed by atoms with Gasteiger partial charge in [-0.3, -0.25) is 4.79 Å². The molecule has 1 fully saturated rings. The van der Waals surface area contributed by atoms with E-state index in [9.17, 15) is 4.79 Å². The number of carbonyl (C=O) groups is 1. The third-order valence-electron chi connectivity index (χ3n) is 5.53. The molecule has 1 aliphatic heterocycles. The summed E-state index contributed by atoms with van der Waals surface area (Å²) in [6.45, 7) is 7.15. The van der Waals surface area contributed by atoms with E-state index in [-0.39, 0.29) is 11.8 Å². The Morgan fingerprint density at radius 2 is 2.03 bits per heavy atom. The zero-order valence-electron chi connectivity index (χ0n) is 18.1. The number of aromatic nitrogens is 1. The molecule has 1 N–H and O–H groups in total. The number of rotatable bonds is 8. The topological polar surface area (TPSA) is 63.7 Å². The molecular formula is C24H29N3O3S. The fourth-order valence-electron chi connectivity index (χ4n) is 4.05. The molecule has 3 heterocycles. The van der Waals surface area contributed by atoms with Gasteiger partial charge in [-0.2, -0.15) is 0 Å². The van der Waals surface area contributed by atoms with Crippen molar-refractivity contribution in [2.24, 2.45) is 5.92 Å². The highest BCUT2D eigenvalue weighted by atomic mass is 32.1. The summed E-state index contributed by atoms with van der Waals surface area (Å²) >= 11 is 1.72. The molecular weight excluding hydrogens is 410 g/mol. The summed E-state index contributed by atoms with van der Waals surface area (Å²) in [5.41, 5.74) is 0.998. The molecule has 7 heteroatoms. The number of pyridine rings is 1. The number of ether oxygens (including phenoxy) is 2. The Hall–Kier alpha value is -2.80. The summed E-state index contributed by atoms with van der Waals surface area (Å²) in [6.07, 6.45) is 3.74. The molecule has 3 aromatic rings. The van der Waals surface area contributed by atoms with Crippen molar-refractivity contribution in [1.29, 1.82) is 0 Å². The number of carbonyl (C=O) groups excluding carboxylic acids is 1. The zero-order valence-corrected chi connectivity index (χ0v) is 18.9. The zero-order chi connectivity index (χ0) is 21.6. The maximum absolute atomic E-state index is 12.9. The molecule has 1 saturated heterocycles. The molecule has 2 aromatic heterocycles. The van der Waals surface area contributed by atoms with Gasteiger partial charge in [0.1, 0.15) is 5.82 Å². The van der Waals surface area contributed by atoms with Crippen LogP contribution in [0.3, 0.4) is 0 Å². The molecule has 1 aromatic carbocycles. The van der Waals surface area contributed by atoms with E-state index in [1.807, 2.05) is 44.3 Å². The monoisotopic (exact) mass is 439 g/mol. The minimum Gasteiger partial charge on any atom is -0.490 e. The van der Waals surface area contributed by atoms with E-state index >= 15 is 0 Å². The molecule has 1 aliphatic rings. The third-order valence-corrected chi connectivity index (χ3v) is 6.41. The molecule has 0 unspecified atom stereocenters. The molecule has 1 amide bonds. The van der Waals surface area contributed by atoms with Crippen LogP contribution in [0.2, 0.25) is 0 Å². The van der Waals surface area contributed by atoms with Crippen molar-refractivity contribution in [2.45, 2.75) is 33.2 Å². The maximum atomic E-state index is 12.9. The highest BCUT2D eigenvalue weighted by molar-refractivity contribution is 7.17. The van der Waals surface area contributed by atoms with Crippen molar-refractivity contribution >= 4 is 33.1 Å². The Morgan fingerprint density at radius 1 is 1.19 bits per heavy atom. The van der Waals surface area contributed by atoms with Gasteiger partial charge in [0, 0.05) is 35.9 Å². The second kappa shape index (κ2) is 10.0. The number of piperidine rings is 1. The van der Waals surface area contributed by atoms with Gasteiger partial charge in [0.2, 0.25) is 5.91 Å². The van der Waals surface area contributed by atoms with E-state index in [4.69, 9.17) is 9.47 Å². The average molecular weight is 440 g/mol. The SMILES string of the molecule is CCOc1ccc(CNC(=O)[C@H]2CCCN(c3nccc4sccc34)C2)cc1OCC. The Kier molecular flexibility index (Phi) is 6.92. The number of amides is 1. The molecule has 164 valence electrons. The van der Waals surface area contributed by atoms with Gasteiger partial charge < -0.3 is 19.7 Å². The Balaban J connectivity index is 1.40. The van der Waals surface area contributed by atoms with E-state index < -0.39 is 0 Å². The van der Waals surface area contributed by atoms with Gasteiger partial charge in [-0.1, -0.05) is 6.07 Å². The van der Waals surface area contributed by atoms with Crippen LogP contribution in [0.4, 0.5) is 5.82 Å². The molecule has 0 bridgehead atoms. The van der Waals surface area contributed by atoms with Crippen molar-refractivity contribution in [1.82, 2.24) is 10.3 Å². The minimum atomic E-state index is -0.0431. The summed E-state index contributed by atoms with van der Waals surface area (Å²) < 4.78 is 12.5. The van der Waals surface area contributed by atoms with Crippen LogP contribution in [0, 0.1) is 5.92 Å². The van der Waals surface area contributed by atoms with Gasteiger partial charge >= 0.3 is 0 Å². The number of fused-ring (bicyclic) bond motifs is 1. The van der Waals surface area contributed by atoms with Crippen LogP contribution in [0.15, 0.2) is 41.9 Å². The number of anilines is 1. The minimum absolute atomic E-state index is 0.0431. The summed E-state index contributed by atoms with van der Waals surface area (Å²) in [5, 5.41) is 6.38. The number of nitrogens with zero attached hydrogens (tertiary/aromatic N) is 2. The second-order valence-corrected chi connectivity index (χ2v) is 8.56. The number of thiophene rings is 1. The molecule has 0 saturated carbocycles. The van der Waals surface area contributed by atoms with E-state index in [2.05, 4.69) is 26.6 Å². The van der Waals surface area contributed by atoms with E-state index in [1.165, 1.54) is 10.1 Å². The lowest BCUT2D eigenvalue weighted by molar-refractivity contribution is -0.125. The Morgan fingerprint density at radius 3 is 2.87 bits per heavy atom. The summed E-state index contributed by atoms with van der Waals surface area (Å²) in [6, 6.07) is 10.00. The van der Waals surface area contributed by atoms with Crippen LogP contribution in [0.25, 0.3) is 10.1 Å². The molecule has 31 heavy (non-hydrogen) atoms. The van der Waals surface area contributed by atoms with Crippen LogP contribution in [-0.4, -0.2) is 37.2 Å². The third kappa shape index (κ3) is 4.93. The lowest BCUT2D eigenvalue weighted by Crippen LogP contribution is -2.43. The van der Waals surface area contributed by atoms with Gasteiger partial charge in [-0.15, -0.1) is 11.3 Å². The van der Waals surface area contributed by atoms with Crippen LogP contribution in [0.5, 0.6) is 11.5 Å². The highest BCUT2D eigenvalue weighted by Crippen LogP contribution is 2.31. The summed E-state index contributed by atoms with van der Waals surface area (Å²) in [5.74, 6) is 2.49. The largest absolute Gasteiger partial charge is 0.490 e. The number of nitrogens with one attached hydrogen (secondary N) is 1. The first-order valence-electron chi connectivity index (χ1n) is 10.9. The molecule has 0 aliphatic carbocycles. The molecule has 6 nitrogen and oxygen atoms in total. The van der Waals surface area contributed by atoms with Crippen LogP contribution in [0.1, 0.15) is 32.3 Å². The van der Waals surface area contributed by atoms with Crippen LogP contribution < -0.4 is 19.7 Å². The van der Waals surface area contributed by atoms with Gasteiger partial charge in [-0.05, 0) is 61.9 Å². The predicted octanol–water partition coefficient (Wildman–Crippen LogP) is 4.63. The maximum Gasteiger partial charge on any atom is 0.225 e. The van der Waals surface area contributed by atoms with Crippen LogP contribution in [-0.2, 0) is 11.3 Å². The molecule has 1 atom stereocenters. The van der Waals surface area contributed by atoms with Crippen LogP contribution >= 0.6 is 11.3 Å². The molecule has 4 rings (SSSR count). The Bertz CT molecular complexity index is 1040.